The van der Waals surface area contributed by atoms with Gasteiger partial charge in [0.05, 0.1) is 0 Å². The first-order chi connectivity index (χ1) is 10.5. The van der Waals surface area contributed by atoms with Crippen LogP contribution >= 0.6 is 0 Å². The van der Waals surface area contributed by atoms with Crippen molar-refractivity contribution in [2.45, 2.75) is 11.5 Å². The highest BCUT2D eigenvalue weighted by atomic mass is 19.1. The van der Waals surface area contributed by atoms with E-state index in [9.17, 15) is 19.1 Å². The summed E-state index contributed by atoms with van der Waals surface area (Å²) in [7, 11) is 0. The molecule has 0 spiro atoms. The van der Waals surface area contributed by atoms with E-state index in [1.807, 2.05) is 0 Å². The zero-order valence-electron chi connectivity index (χ0n) is 11.3. The summed E-state index contributed by atoms with van der Waals surface area (Å²) >= 11 is 0. The maximum Gasteiger partial charge on any atom is 0.262 e. The third-order valence-electron chi connectivity index (χ3n) is 4.20. The number of fused-ring (bicyclic) bond motifs is 2. The molecule has 0 bridgehead atoms. The van der Waals surface area contributed by atoms with Crippen LogP contribution in [0.4, 0.5) is 15.8 Å². The second-order valence-corrected chi connectivity index (χ2v) is 5.42. The van der Waals surface area contributed by atoms with Crippen molar-refractivity contribution in [3.63, 3.8) is 0 Å². The van der Waals surface area contributed by atoms with Crippen molar-refractivity contribution >= 4 is 23.2 Å². The molecule has 2 atom stereocenters. The number of para-hydroxylation sites is 1. The lowest BCUT2D eigenvalue weighted by Gasteiger charge is -2.26. The van der Waals surface area contributed by atoms with Gasteiger partial charge in [0.2, 0.25) is 5.91 Å². The van der Waals surface area contributed by atoms with Gasteiger partial charge in [-0.2, -0.15) is 0 Å². The summed E-state index contributed by atoms with van der Waals surface area (Å²) in [4.78, 5) is 24.7. The Hall–Kier alpha value is -2.73. The Bertz CT molecular complexity index is 836. The number of amides is 2. The number of hydrogen-bond donors (Lipinski definition) is 3. The van der Waals surface area contributed by atoms with Crippen molar-refractivity contribution in [2.75, 3.05) is 10.6 Å². The number of benzene rings is 2. The van der Waals surface area contributed by atoms with Crippen molar-refractivity contribution < 1.29 is 19.1 Å². The molecule has 0 aliphatic carbocycles. The predicted molar refractivity (Wildman–Crippen MR) is 76.7 cm³/mol. The van der Waals surface area contributed by atoms with Crippen LogP contribution in [0.3, 0.4) is 0 Å². The second-order valence-electron chi connectivity index (χ2n) is 5.42. The van der Waals surface area contributed by atoms with E-state index in [1.165, 1.54) is 12.1 Å². The van der Waals surface area contributed by atoms with Gasteiger partial charge in [-0.3, -0.25) is 9.59 Å². The van der Waals surface area contributed by atoms with Gasteiger partial charge < -0.3 is 15.7 Å². The fourth-order valence-corrected chi connectivity index (χ4v) is 3.19. The van der Waals surface area contributed by atoms with Crippen LogP contribution in [-0.2, 0) is 15.2 Å². The number of anilines is 2. The minimum Gasteiger partial charge on any atom is -0.374 e. The fraction of sp³-hybridized carbons (Fsp3) is 0.125. The van der Waals surface area contributed by atoms with E-state index in [4.69, 9.17) is 0 Å². The van der Waals surface area contributed by atoms with E-state index in [1.54, 1.807) is 24.3 Å². The molecule has 0 saturated heterocycles. The molecular formula is C16H11FN2O3. The standard InChI is InChI=1S/C16H11FN2O3/c17-8-5-6-12-10(7-8)16(22,15(21)19-12)13-9-3-1-2-4-11(9)18-14(13)20/h1-7,13,22H,(H,18,20)(H,19,21)/t13-,16+/m1/s1. The number of carbonyl (C=O) groups excluding carboxylic acids is 2. The average Bonchev–Trinajstić information content (AvgIpc) is 2.95. The molecule has 2 aromatic carbocycles. The molecular weight excluding hydrogens is 287 g/mol. The normalized spacial score (nSPS) is 25.5. The molecule has 2 amide bonds. The van der Waals surface area contributed by atoms with Gasteiger partial charge in [0.15, 0.2) is 5.60 Å². The van der Waals surface area contributed by atoms with Crippen LogP contribution in [0.1, 0.15) is 17.0 Å². The number of rotatable bonds is 1. The number of carbonyl (C=O) groups is 2. The number of nitrogens with one attached hydrogen (secondary N) is 2. The van der Waals surface area contributed by atoms with Crippen molar-refractivity contribution in [1.29, 1.82) is 0 Å². The van der Waals surface area contributed by atoms with Crippen molar-refractivity contribution in [1.82, 2.24) is 0 Å². The first kappa shape index (κ1) is 13.0. The molecule has 2 aliphatic heterocycles. The van der Waals surface area contributed by atoms with Crippen molar-refractivity contribution in [2.24, 2.45) is 0 Å². The van der Waals surface area contributed by atoms with Gasteiger partial charge in [0.25, 0.3) is 5.91 Å². The summed E-state index contributed by atoms with van der Waals surface area (Å²) in [6.07, 6.45) is 0. The van der Waals surface area contributed by atoms with Crippen LogP contribution in [0.15, 0.2) is 42.5 Å². The number of aliphatic hydroxyl groups is 1. The Balaban J connectivity index is 1.95. The molecule has 110 valence electrons. The van der Waals surface area contributed by atoms with E-state index in [0.29, 0.717) is 16.9 Å². The van der Waals surface area contributed by atoms with Gasteiger partial charge in [-0.25, -0.2) is 4.39 Å². The van der Waals surface area contributed by atoms with E-state index in [2.05, 4.69) is 10.6 Å². The topological polar surface area (TPSA) is 78.4 Å². The molecule has 0 fully saturated rings. The summed E-state index contributed by atoms with van der Waals surface area (Å²) in [5.41, 5.74) is -0.681. The average molecular weight is 298 g/mol. The molecule has 4 rings (SSSR count). The van der Waals surface area contributed by atoms with Gasteiger partial charge in [-0.1, -0.05) is 18.2 Å². The van der Waals surface area contributed by atoms with E-state index >= 15 is 0 Å². The monoisotopic (exact) mass is 298 g/mol. The van der Waals surface area contributed by atoms with Crippen LogP contribution in [-0.4, -0.2) is 16.9 Å². The summed E-state index contributed by atoms with van der Waals surface area (Å²) in [5.74, 6) is -2.92. The first-order valence-electron chi connectivity index (χ1n) is 6.75. The fourth-order valence-electron chi connectivity index (χ4n) is 3.19. The minimum atomic E-state index is -2.13. The lowest BCUT2D eigenvalue weighted by molar-refractivity contribution is -0.141. The van der Waals surface area contributed by atoms with Crippen LogP contribution in [0.25, 0.3) is 0 Å². The third-order valence-corrected chi connectivity index (χ3v) is 4.20. The Morgan fingerprint density at radius 3 is 2.64 bits per heavy atom. The van der Waals surface area contributed by atoms with E-state index < -0.39 is 29.2 Å². The molecule has 2 aliphatic rings. The quantitative estimate of drug-likeness (QED) is 0.750. The largest absolute Gasteiger partial charge is 0.374 e. The van der Waals surface area contributed by atoms with Crippen LogP contribution in [0.5, 0.6) is 0 Å². The van der Waals surface area contributed by atoms with Gasteiger partial charge in [0, 0.05) is 16.9 Å². The first-order valence-corrected chi connectivity index (χ1v) is 6.75. The Morgan fingerprint density at radius 1 is 1.05 bits per heavy atom. The molecule has 5 nitrogen and oxygen atoms in total. The number of halogens is 1. The molecule has 2 heterocycles. The van der Waals surface area contributed by atoms with Crippen LogP contribution < -0.4 is 10.6 Å². The highest BCUT2D eigenvalue weighted by Crippen LogP contribution is 2.49. The van der Waals surface area contributed by atoms with Gasteiger partial charge in [-0.05, 0) is 29.8 Å². The summed E-state index contributed by atoms with van der Waals surface area (Å²) < 4.78 is 13.6. The zero-order valence-corrected chi connectivity index (χ0v) is 11.3. The Labute approximate surface area is 124 Å². The van der Waals surface area contributed by atoms with E-state index in [0.717, 1.165) is 6.07 Å². The van der Waals surface area contributed by atoms with Gasteiger partial charge >= 0.3 is 0 Å². The van der Waals surface area contributed by atoms with Gasteiger partial charge in [-0.15, -0.1) is 0 Å². The zero-order chi connectivity index (χ0) is 15.5. The minimum absolute atomic E-state index is 0.0781. The highest BCUT2D eigenvalue weighted by molar-refractivity contribution is 6.13. The number of hydrogen-bond acceptors (Lipinski definition) is 3. The molecule has 0 aromatic heterocycles. The molecule has 6 heteroatoms. The highest BCUT2D eigenvalue weighted by Gasteiger charge is 2.57. The Kier molecular flexibility index (Phi) is 2.44. The molecule has 2 aromatic rings. The lowest BCUT2D eigenvalue weighted by Crippen LogP contribution is -2.43. The van der Waals surface area contributed by atoms with Crippen molar-refractivity contribution in [3.8, 4) is 0 Å². The van der Waals surface area contributed by atoms with Crippen molar-refractivity contribution in [3.05, 3.63) is 59.4 Å². The maximum absolute atomic E-state index is 13.6. The lowest BCUT2D eigenvalue weighted by atomic mass is 9.78. The summed E-state index contributed by atoms with van der Waals surface area (Å²) in [6, 6.07) is 10.5. The molecule has 0 unspecified atom stereocenters. The second kappa shape index (κ2) is 4.14. The predicted octanol–water partition coefficient (Wildman–Crippen LogP) is 1.70. The summed E-state index contributed by atoms with van der Waals surface area (Å²) in [6.45, 7) is 0. The van der Waals surface area contributed by atoms with E-state index in [-0.39, 0.29) is 5.56 Å². The van der Waals surface area contributed by atoms with Crippen LogP contribution in [0.2, 0.25) is 0 Å². The SMILES string of the molecule is O=C1Nc2ccccc2[C@H]1[C@]1(O)C(=O)Nc2ccc(F)cc21. The maximum atomic E-state index is 13.6. The van der Waals surface area contributed by atoms with Gasteiger partial charge in [0.1, 0.15) is 11.7 Å². The van der Waals surface area contributed by atoms with Crippen LogP contribution in [0, 0.1) is 5.82 Å². The summed E-state index contributed by atoms with van der Waals surface area (Å²) in [5, 5.41) is 16.2. The smallest absolute Gasteiger partial charge is 0.262 e. The molecule has 0 saturated carbocycles. The Morgan fingerprint density at radius 2 is 1.82 bits per heavy atom. The molecule has 3 N–H and O–H groups in total. The third kappa shape index (κ3) is 1.50. The molecule has 22 heavy (non-hydrogen) atoms. The molecule has 0 radical (unpaired) electrons.